The van der Waals surface area contributed by atoms with E-state index in [1.165, 1.54) is 0 Å². The third-order valence-electron chi connectivity index (χ3n) is 3.94. The molecule has 0 unspecified atom stereocenters. The third-order valence-corrected chi connectivity index (χ3v) is 3.94. The fourth-order valence-electron chi connectivity index (χ4n) is 2.36. The number of carboxylic acid groups (broad SMARTS) is 1. The predicted octanol–water partition coefficient (Wildman–Crippen LogP) is 2.26. The van der Waals surface area contributed by atoms with Crippen LogP contribution in [0.3, 0.4) is 0 Å². The van der Waals surface area contributed by atoms with Gasteiger partial charge in [0.25, 0.3) is 0 Å². The molecule has 1 aliphatic heterocycles. The summed E-state index contributed by atoms with van der Waals surface area (Å²) in [4.78, 5) is 22.2. The maximum Gasteiger partial charge on any atom is 0.309 e. The van der Waals surface area contributed by atoms with Crippen LogP contribution in [0.4, 0.5) is 5.95 Å². The Morgan fingerprint density at radius 3 is 2.67 bits per heavy atom. The summed E-state index contributed by atoms with van der Waals surface area (Å²) < 4.78 is 5.57. The van der Waals surface area contributed by atoms with Gasteiger partial charge in [-0.15, -0.1) is 0 Å². The van der Waals surface area contributed by atoms with Gasteiger partial charge in [-0.1, -0.05) is 6.92 Å². The molecule has 0 saturated carbocycles. The van der Waals surface area contributed by atoms with Crippen LogP contribution in [0.5, 0.6) is 5.88 Å². The van der Waals surface area contributed by atoms with E-state index in [0.29, 0.717) is 44.4 Å². The summed E-state index contributed by atoms with van der Waals surface area (Å²) >= 11 is 0. The quantitative estimate of drug-likeness (QED) is 0.897. The highest BCUT2D eigenvalue weighted by molar-refractivity contribution is 5.74. The number of hydrogen-bond donors (Lipinski definition) is 1. The predicted molar refractivity (Wildman–Crippen MR) is 79.7 cm³/mol. The number of anilines is 1. The molecule has 0 spiro atoms. The van der Waals surface area contributed by atoms with Crippen molar-refractivity contribution in [3.63, 3.8) is 0 Å². The van der Waals surface area contributed by atoms with E-state index in [2.05, 4.69) is 9.97 Å². The van der Waals surface area contributed by atoms with Gasteiger partial charge in [-0.2, -0.15) is 4.98 Å². The molecule has 1 aromatic rings. The number of carbonyl (C=O) groups is 1. The number of aliphatic carboxylic acids is 1. The van der Waals surface area contributed by atoms with E-state index in [4.69, 9.17) is 4.74 Å². The Morgan fingerprint density at radius 2 is 2.10 bits per heavy atom. The molecule has 6 nitrogen and oxygen atoms in total. The zero-order valence-corrected chi connectivity index (χ0v) is 12.9. The second-order valence-corrected chi connectivity index (χ2v) is 5.85. The minimum absolute atomic E-state index is 0.589. The molecule has 2 rings (SSSR count). The first-order valence-electron chi connectivity index (χ1n) is 7.41. The van der Waals surface area contributed by atoms with Crippen LogP contribution in [0.25, 0.3) is 0 Å². The lowest BCUT2D eigenvalue weighted by Gasteiger charge is -2.36. The van der Waals surface area contributed by atoms with E-state index in [-0.39, 0.29) is 0 Å². The molecular formula is C15H23N3O3. The van der Waals surface area contributed by atoms with Crippen molar-refractivity contribution in [3.05, 3.63) is 11.8 Å². The molecular weight excluding hydrogens is 270 g/mol. The molecule has 2 heterocycles. The van der Waals surface area contributed by atoms with Crippen molar-refractivity contribution in [2.24, 2.45) is 5.41 Å². The van der Waals surface area contributed by atoms with Gasteiger partial charge >= 0.3 is 5.97 Å². The van der Waals surface area contributed by atoms with Crippen molar-refractivity contribution in [3.8, 4) is 5.88 Å². The van der Waals surface area contributed by atoms with Crippen molar-refractivity contribution >= 4 is 11.9 Å². The number of aromatic nitrogens is 2. The normalized spacial score (nSPS) is 17.6. The van der Waals surface area contributed by atoms with Crippen LogP contribution >= 0.6 is 0 Å². The fraction of sp³-hybridized carbons (Fsp3) is 0.667. The van der Waals surface area contributed by atoms with Crippen molar-refractivity contribution < 1.29 is 14.6 Å². The van der Waals surface area contributed by atoms with Gasteiger partial charge in [0, 0.05) is 24.8 Å². The maximum absolute atomic E-state index is 11.3. The van der Waals surface area contributed by atoms with Gasteiger partial charge in [-0.3, -0.25) is 4.79 Å². The molecule has 1 fully saturated rings. The van der Waals surface area contributed by atoms with E-state index in [9.17, 15) is 9.90 Å². The highest BCUT2D eigenvalue weighted by Gasteiger charge is 2.37. The van der Waals surface area contributed by atoms with Crippen LogP contribution in [-0.4, -0.2) is 40.7 Å². The molecule has 1 aliphatic rings. The van der Waals surface area contributed by atoms with Crippen molar-refractivity contribution in [2.75, 3.05) is 24.6 Å². The largest absolute Gasteiger partial charge is 0.481 e. The summed E-state index contributed by atoms with van der Waals surface area (Å²) in [5.41, 5.74) is 0.222. The van der Waals surface area contributed by atoms with Crippen LogP contribution in [0.1, 0.15) is 38.8 Å². The van der Waals surface area contributed by atoms with Gasteiger partial charge in [0.2, 0.25) is 11.8 Å². The summed E-state index contributed by atoms with van der Waals surface area (Å²) in [7, 11) is 0. The number of rotatable bonds is 5. The highest BCUT2D eigenvalue weighted by Crippen LogP contribution is 2.32. The second kappa shape index (κ2) is 6.28. The fourth-order valence-corrected chi connectivity index (χ4v) is 2.36. The van der Waals surface area contributed by atoms with E-state index < -0.39 is 11.4 Å². The van der Waals surface area contributed by atoms with Crippen LogP contribution < -0.4 is 9.64 Å². The molecule has 116 valence electrons. The lowest BCUT2D eigenvalue weighted by atomic mass is 9.80. The molecule has 1 N–H and O–H groups in total. The Bertz CT molecular complexity index is 511. The SMILES string of the molecule is CCCOc1cc(C)nc(N2CCC(C)(C(=O)O)CC2)n1. The molecule has 0 radical (unpaired) electrons. The molecule has 1 aromatic heterocycles. The standard InChI is InChI=1S/C15H23N3O3/c1-4-9-21-12-10-11(2)16-14(17-12)18-7-5-15(3,6-8-18)13(19)20/h10H,4-9H2,1-3H3,(H,19,20). The maximum atomic E-state index is 11.3. The Labute approximate surface area is 125 Å². The summed E-state index contributed by atoms with van der Waals surface area (Å²) in [6.07, 6.45) is 2.13. The molecule has 0 aromatic carbocycles. The number of aryl methyl sites for hydroxylation is 1. The molecule has 21 heavy (non-hydrogen) atoms. The van der Waals surface area contributed by atoms with Crippen molar-refractivity contribution in [1.82, 2.24) is 9.97 Å². The molecule has 0 amide bonds. The van der Waals surface area contributed by atoms with Gasteiger partial charge in [0.1, 0.15) is 0 Å². The van der Waals surface area contributed by atoms with Crippen LogP contribution in [0.2, 0.25) is 0 Å². The first-order chi connectivity index (χ1) is 9.94. The number of nitrogens with zero attached hydrogens (tertiary/aromatic N) is 3. The van der Waals surface area contributed by atoms with Gasteiger partial charge in [-0.25, -0.2) is 4.98 Å². The number of hydrogen-bond acceptors (Lipinski definition) is 5. The van der Waals surface area contributed by atoms with Gasteiger partial charge in [-0.05, 0) is 33.1 Å². The zero-order valence-electron chi connectivity index (χ0n) is 12.9. The highest BCUT2D eigenvalue weighted by atomic mass is 16.5. The average Bonchev–Trinajstić information content (AvgIpc) is 2.45. The summed E-state index contributed by atoms with van der Waals surface area (Å²) in [6.45, 7) is 7.70. The lowest BCUT2D eigenvalue weighted by Crippen LogP contribution is -2.43. The molecule has 6 heteroatoms. The Balaban J connectivity index is 2.09. The molecule has 0 aliphatic carbocycles. The summed E-state index contributed by atoms with van der Waals surface area (Å²) in [5, 5.41) is 9.27. The topological polar surface area (TPSA) is 75.5 Å². The van der Waals surface area contributed by atoms with E-state index in [0.717, 1.165) is 12.1 Å². The Hall–Kier alpha value is -1.85. The number of ether oxygens (including phenoxy) is 1. The van der Waals surface area contributed by atoms with Crippen molar-refractivity contribution in [2.45, 2.75) is 40.0 Å². The van der Waals surface area contributed by atoms with Crippen molar-refractivity contribution in [1.29, 1.82) is 0 Å². The number of carboxylic acids is 1. The molecule has 1 saturated heterocycles. The van der Waals surface area contributed by atoms with Crippen LogP contribution in [-0.2, 0) is 4.79 Å². The summed E-state index contributed by atoms with van der Waals surface area (Å²) in [6, 6.07) is 1.82. The minimum atomic E-state index is -0.723. The second-order valence-electron chi connectivity index (χ2n) is 5.85. The first kappa shape index (κ1) is 15.5. The lowest BCUT2D eigenvalue weighted by molar-refractivity contribution is -0.149. The number of piperidine rings is 1. The van der Waals surface area contributed by atoms with E-state index in [1.807, 2.05) is 24.8 Å². The smallest absolute Gasteiger partial charge is 0.309 e. The Kier molecular flexibility index (Phi) is 4.65. The summed E-state index contributed by atoms with van der Waals surface area (Å²) in [5.74, 6) is 0.499. The van der Waals surface area contributed by atoms with Gasteiger partial charge in [0.05, 0.1) is 12.0 Å². The van der Waals surface area contributed by atoms with E-state index in [1.54, 1.807) is 6.92 Å². The van der Waals surface area contributed by atoms with Crippen LogP contribution in [0, 0.1) is 12.3 Å². The van der Waals surface area contributed by atoms with Gasteiger partial charge < -0.3 is 14.7 Å². The monoisotopic (exact) mass is 293 g/mol. The minimum Gasteiger partial charge on any atom is -0.481 e. The molecule has 0 bridgehead atoms. The van der Waals surface area contributed by atoms with Crippen LogP contribution in [0.15, 0.2) is 6.07 Å². The average molecular weight is 293 g/mol. The van der Waals surface area contributed by atoms with Gasteiger partial charge in [0.15, 0.2) is 0 Å². The van der Waals surface area contributed by atoms with E-state index >= 15 is 0 Å². The molecule has 0 atom stereocenters. The zero-order chi connectivity index (χ0) is 15.5. The first-order valence-corrected chi connectivity index (χ1v) is 7.41. The third kappa shape index (κ3) is 3.62. The Morgan fingerprint density at radius 1 is 1.43 bits per heavy atom.